The minimum absolute atomic E-state index is 0.0213. The van der Waals surface area contributed by atoms with E-state index in [2.05, 4.69) is 16.0 Å². The molecule has 2 fully saturated rings. The van der Waals surface area contributed by atoms with Gasteiger partial charge >= 0.3 is 6.03 Å². The lowest BCUT2D eigenvalue weighted by Crippen LogP contribution is -2.30. The third-order valence-corrected chi connectivity index (χ3v) is 5.43. The van der Waals surface area contributed by atoms with E-state index in [1.165, 1.54) is 0 Å². The molecule has 1 aromatic rings. The smallest absolute Gasteiger partial charge is 0.319 e. The number of anilines is 2. The Kier molecular flexibility index (Phi) is 3.75. The summed E-state index contributed by atoms with van der Waals surface area (Å²) in [5.41, 5.74) is 1.59. The van der Waals surface area contributed by atoms with Crippen molar-refractivity contribution in [1.29, 1.82) is 0 Å². The van der Waals surface area contributed by atoms with Gasteiger partial charge in [-0.25, -0.2) is 13.2 Å². The van der Waals surface area contributed by atoms with Gasteiger partial charge in [0.15, 0.2) is 9.84 Å². The van der Waals surface area contributed by atoms with Crippen LogP contribution < -0.4 is 16.0 Å². The maximum atomic E-state index is 11.6. The van der Waals surface area contributed by atoms with E-state index in [1.54, 1.807) is 12.1 Å². The Bertz CT molecular complexity index is 623. The molecule has 1 saturated heterocycles. The maximum absolute atomic E-state index is 11.6. The second kappa shape index (κ2) is 5.55. The highest BCUT2D eigenvalue weighted by atomic mass is 32.2. The summed E-state index contributed by atoms with van der Waals surface area (Å²) >= 11 is 0. The minimum atomic E-state index is -2.87. The van der Waals surface area contributed by atoms with Gasteiger partial charge in [0, 0.05) is 23.5 Å². The van der Waals surface area contributed by atoms with Crippen molar-refractivity contribution in [2.75, 3.05) is 22.1 Å². The van der Waals surface area contributed by atoms with Crippen LogP contribution in [0.25, 0.3) is 0 Å². The van der Waals surface area contributed by atoms with Crippen molar-refractivity contribution in [1.82, 2.24) is 5.32 Å². The molecule has 1 aromatic carbocycles. The molecule has 0 radical (unpaired) electrons. The summed E-state index contributed by atoms with van der Waals surface area (Å²) in [6.45, 7) is 0. The summed E-state index contributed by atoms with van der Waals surface area (Å²) in [5.74, 6) is 0.447. The first kappa shape index (κ1) is 14.2. The molecule has 0 aromatic heterocycles. The number of carbonyl (C=O) groups excluding carboxylic acids is 1. The summed E-state index contributed by atoms with van der Waals surface area (Å²) in [6, 6.07) is 7.42. The first-order chi connectivity index (χ1) is 10.00. The quantitative estimate of drug-likeness (QED) is 0.788. The molecule has 1 unspecified atom stereocenters. The van der Waals surface area contributed by atoms with Gasteiger partial charge in [0.05, 0.1) is 11.5 Å². The monoisotopic (exact) mass is 309 g/mol. The molecule has 2 aliphatic rings. The van der Waals surface area contributed by atoms with Gasteiger partial charge in [0.2, 0.25) is 0 Å². The van der Waals surface area contributed by atoms with Crippen molar-refractivity contribution in [3.05, 3.63) is 24.3 Å². The molecule has 21 heavy (non-hydrogen) atoms. The highest BCUT2D eigenvalue weighted by Gasteiger charge is 2.27. The number of hydrogen-bond donors (Lipinski definition) is 3. The van der Waals surface area contributed by atoms with E-state index in [1.807, 2.05) is 12.1 Å². The topological polar surface area (TPSA) is 87.3 Å². The van der Waals surface area contributed by atoms with Gasteiger partial charge in [-0.05, 0) is 43.5 Å². The highest BCUT2D eigenvalue weighted by Crippen LogP contribution is 2.20. The van der Waals surface area contributed by atoms with Gasteiger partial charge in [0.1, 0.15) is 0 Å². The van der Waals surface area contributed by atoms with Crippen LogP contribution in [0.5, 0.6) is 0 Å². The molecule has 1 atom stereocenters. The van der Waals surface area contributed by atoms with Crippen molar-refractivity contribution in [3.8, 4) is 0 Å². The Balaban J connectivity index is 1.52. The zero-order chi connectivity index (χ0) is 14.9. The zero-order valence-electron chi connectivity index (χ0n) is 11.6. The lowest BCUT2D eigenvalue weighted by Gasteiger charge is -2.13. The minimum Gasteiger partial charge on any atom is -0.381 e. The summed E-state index contributed by atoms with van der Waals surface area (Å²) in [7, 11) is -2.87. The molecule has 1 heterocycles. The molecular weight excluding hydrogens is 290 g/mol. The molecule has 6 nitrogen and oxygen atoms in total. The van der Waals surface area contributed by atoms with E-state index in [0.29, 0.717) is 12.5 Å². The molecule has 2 amide bonds. The molecule has 3 rings (SSSR count). The van der Waals surface area contributed by atoms with Crippen LogP contribution in [-0.4, -0.2) is 38.0 Å². The summed E-state index contributed by atoms with van der Waals surface area (Å²) in [5, 5.41) is 8.84. The van der Waals surface area contributed by atoms with E-state index in [4.69, 9.17) is 0 Å². The van der Waals surface area contributed by atoms with Gasteiger partial charge in [-0.3, -0.25) is 0 Å². The third-order valence-electron chi connectivity index (χ3n) is 3.66. The summed E-state index contributed by atoms with van der Waals surface area (Å²) in [6.07, 6.45) is 2.76. The Morgan fingerprint density at radius 3 is 2.24 bits per heavy atom. The average Bonchev–Trinajstić information content (AvgIpc) is 3.15. The fraction of sp³-hybridized carbons (Fsp3) is 0.500. The molecule has 114 valence electrons. The lowest BCUT2D eigenvalue weighted by molar-refractivity contribution is 0.251. The fourth-order valence-corrected chi connectivity index (χ4v) is 4.05. The molecule has 7 heteroatoms. The van der Waals surface area contributed by atoms with Gasteiger partial charge in [-0.1, -0.05) is 0 Å². The Labute approximate surface area is 124 Å². The predicted octanol–water partition coefficient (Wildman–Crippen LogP) is 1.57. The number of urea groups is 1. The molecule has 1 aliphatic carbocycles. The Morgan fingerprint density at radius 1 is 1.00 bits per heavy atom. The number of amides is 2. The molecular formula is C14H19N3O3S. The summed E-state index contributed by atoms with van der Waals surface area (Å²) < 4.78 is 22.8. The van der Waals surface area contributed by atoms with Gasteiger partial charge in [-0.15, -0.1) is 0 Å². The lowest BCUT2D eigenvalue weighted by atomic mass is 10.2. The van der Waals surface area contributed by atoms with Crippen LogP contribution in [0.2, 0.25) is 0 Å². The third kappa shape index (κ3) is 4.10. The molecule has 1 saturated carbocycles. The standard InChI is InChI=1S/C14H19N3O3S/c18-14(17-12-5-6-12)16-11-3-1-10(2-4-11)15-13-7-8-21(19,20)9-13/h1-4,12-13,15H,5-9H2,(H2,16,17,18). The molecule has 1 aliphatic heterocycles. The van der Waals surface area contributed by atoms with E-state index in [9.17, 15) is 13.2 Å². The van der Waals surface area contributed by atoms with Crippen LogP contribution in [0.15, 0.2) is 24.3 Å². The molecule has 0 spiro atoms. The number of sulfone groups is 1. The van der Waals surface area contributed by atoms with Crippen LogP contribution in [0.4, 0.5) is 16.2 Å². The molecule has 3 N–H and O–H groups in total. The number of nitrogens with one attached hydrogen (secondary N) is 3. The fourth-order valence-electron chi connectivity index (χ4n) is 2.37. The highest BCUT2D eigenvalue weighted by molar-refractivity contribution is 7.91. The largest absolute Gasteiger partial charge is 0.381 e. The van der Waals surface area contributed by atoms with Crippen molar-refractivity contribution < 1.29 is 13.2 Å². The van der Waals surface area contributed by atoms with Crippen LogP contribution in [0, 0.1) is 0 Å². The Hall–Kier alpha value is -1.76. The first-order valence-corrected chi connectivity index (χ1v) is 8.97. The summed E-state index contributed by atoms with van der Waals surface area (Å²) in [4.78, 5) is 11.6. The number of rotatable bonds is 4. The first-order valence-electron chi connectivity index (χ1n) is 7.15. The number of hydrogen-bond acceptors (Lipinski definition) is 4. The predicted molar refractivity (Wildman–Crippen MR) is 82.3 cm³/mol. The van der Waals surface area contributed by atoms with Crippen LogP contribution in [0.1, 0.15) is 19.3 Å². The van der Waals surface area contributed by atoms with Crippen molar-refractivity contribution in [2.24, 2.45) is 0 Å². The number of carbonyl (C=O) groups is 1. The van der Waals surface area contributed by atoms with E-state index in [0.717, 1.165) is 24.2 Å². The maximum Gasteiger partial charge on any atom is 0.319 e. The zero-order valence-corrected chi connectivity index (χ0v) is 12.4. The second-order valence-electron chi connectivity index (χ2n) is 5.69. The van der Waals surface area contributed by atoms with Crippen LogP contribution in [-0.2, 0) is 9.84 Å². The van der Waals surface area contributed by atoms with Gasteiger partial charge in [-0.2, -0.15) is 0 Å². The van der Waals surface area contributed by atoms with Crippen LogP contribution in [0.3, 0.4) is 0 Å². The van der Waals surface area contributed by atoms with E-state index >= 15 is 0 Å². The number of benzene rings is 1. The average molecular weight is 309 g/mol. The van der Waals surface area contributed by atoms with Crippen molar-refractivity contribution in [2.45, 2.75) is 31.3 Å². The SMILES string of the molecule is O=C(Nc1ccc(NC2CCS(=O)(=O)C2)cc1)NC1CC1. The van der Waals surface area contributed by atoms with E-state index in [-0.39, 0.29) is 23.6 Å². The van der Waals surface area contributed by atoms with Crippen LogP contribution >= 0.6 is 0 Å². The van der Waals surface area contributed by atoms with E-state index < -0.39 is 9.84 Å². The van der Waals surface area contributed by atoms with Crippen molar-refractivity contribution >= 4 is 27.2 Å². The van der Waals surface area contributed by atoms with Crippen molar-refractivity contribution in [3.63, 3.8) is 0 Å². The Morgan fingerprint density at radius 2 is 1.67 bits per heavy atom. The molecule has 0 bridgehead atoms. The second-order valence-corrected chi connectivity index (χ2v) is 7.92. The normalized spacial score (nSPS) is 23.5. The van der Waals surface area contributed by atoms with Gasteiger partial charge < -0.3 is 16.0 Å². The van der Waals surface area contributed by atoms with Gasteiger partial charge in [0.25, 0.3) is 0 Å².